The highest BCUT2D eigenvalue weighted by atomic mass is 16.5. The summed E-state index contributed by atoms with van der Waals surface area (Å²) in [6.07, 6.45) is -1.14. The Hall–Kier alpha value is -2.62. The van der Waals surface area contributed by atoms with E-state index >= 15 is 0 Å². The summed E-state index contributed by atoms with van der Waals surface area (Å²) in [5, 5.41) is 13.4. The number of aliphatic carboxylic acids is 1. The number of rotatable bonds is 7. The Bertz CT molecular complexity index is 487. The highest BCUT2D eigenvalue weighted by Gasteiger charge is 2.17. The third kappa shape index (κ3) is 5.10. The van der Waals surface area contributed by atoms with Crippen LogP contribution < -0.4 is 20.1 Å². The molecule has 0 aromatic carbocycles. The van der Waals surface area contributed by atoms with Crippen molar-refractivity contribution < 1.29 is 28.9 Å². The molecule has 0 radical (unpaired) electrons. The molecule has 0 fully saturated rings. The molecule has 0 spiro atoms. The molecule has 1 rings (SSSR count). The lowest BCUT2D eigenvalue weighted by molar-refractivity contribution is -0.147. The summed E-state index contributed by atoms with van der Waals surface area (Å²) < 4.78 is 14.5. The van der Waals surface area contributed by atoms with E-state index in [0.717, 1.165) is 0 Å². The van der Waals surface area contributed by atoms with Gasteiger partial charge in [0.1, 0.15) is 0 Å². The number of hydrogen-bond acceptors (Lipinski definition) is 7. The molecule has 1 aromatic heterocycles. The molecule has 10 heteroatoms. The Labute approximate surface area is 120 Å². The molecule has 116 valence electrons. The Morgan fingerprint density at radius 1 is 1.24 bits per heavy atom. The summed E-state index contributed by atoms with van der Waals surface area (Å²) in [4.78, 5) is 30.1. The summed E-state index contributed by atoms with van der Waals surface area (Å²) in [7, 11) is 4.04. The van der Waals surface area contributed by atoms with E-state index in [1.165, 1.54) is 27.4 Å². The molecule has 1 aromatic rings. The number of urea groups is 1. The number of methoxy groups -OCH3 is 3. The molecule has 2 amide bonds. The van der Waals surface area contributed by atoms with Gasteiger partial charge in [-0.15, -0.1) is 0 Å². The van der Waals surface area contributed by atoms with Crippen LogP contribution >= 0.6 is 0 Å². The van der Waals surface area contributed by atoms with Crippen LogP contribution in [0.15, 0.2) is 6.07 Å². The standard InChI is InChI=1S/C11H16N4O6/c1-19-6(9(16)17)5-12-11(18)15-10-13-7(20-2)4-8(14-10)21-3/h4,6H,5H2,1-3H3,(H,16,17)(H2,12,13,14,15,18). The van der Waals surface area contributed by atoms with E-state index in [1.807, 2.05) is 0 Å². The Balaban J connectivity index is 2.64. The minimum absolute atomic E-state index is 0.0482. The van der Waals surface area contributed by atoms with Gasteiger partial charge in [0.15, 0.2) is 6.10 Å². The van der Waals surface area contributed by atoms with Crippen molar-refractivity contribution in [2.45, 2.75) is 6.10 Å². The van der Waals surface area contributed by atoms with E-state index in [-0.39, 0.29) is 24.3 Å². The molecule has 10 nitrogen and oxygen atoms in total. The van der Waals surface area contributed by atoms with E-state index in [9.17, 15) is 9.59 Å². The second kappa shape index (κ2) is 7.85. The van der Waals surface area contributed by atoms with Crippen molar-refractivity contribution in [3.63, 3.8) is 0 Å². The van der Waals surface area contributed by atoms with Gasteiger partial charge in [0.05, 0.1) is 26.8 Å². The van der Waals surface area contributed by atoms with E-state index in [2.05, 4.69) is 25.3 Å². The predicted octanol–water partition coefficient (Wildman–Crippen LogP) is -0.285. The Morgan fingerprint density at radius 2 is 1.81 bits per heavy atom. The fourth-order valence-corrected chi connectivity index (χ4v) is 1.27. The van der Waals surface area contributed by atoms with E-state index in [1.54, 1.807) is 0 Å². The van der Waals surface area contributed by atoms with Crippen molar-refractivity contribution in [3.05, 3.63) is 6.07 Å². The zero-order chi connectivity index (χ0) is 15.8. The number of carboxylic acid groups (broad SMARTS) is 1. The maximum Gasteiger partial charge on any atom is 0.334 e. The molecule has 0 aliphatic carbocycles. The maximum atomic E-state index is 11.6. The van der Waals surface area contributed by atoms with Crippen molar-refractivity contribution >= 4 is 17.9 Å². The summed E-state index contributed by atoms with van der Waals surface area (Å²) in [5.41, 5.74) is 0. The lowest BCUT2D eigenvalue weighted by atomic mass is 10.3. The van der Waals surface area contributed by atoms with Crippen LogP contribution in [0.1, 0.15) is 0 Å². The highest BCUT2D eigenvalue weighted by molar-refractivity contribution is 5.87. The minimum atomic E-state index is -1.18. The van der Waals surface area contributed by atoms with Gasteiger partial charge >= 0.3 is 12.0 Å². The van der Waals surface area contributed by atoms with Gasteiger partial charge in [-0.05, 0) is 0 Å². The number of ether oxygens (including phenoxy) is 3. The normalized spacial score (nSPS) is 11.4. The number of carbonyl (C=O) groups excluding carboxylic acids is 1. The molecular formula is C11H16N4O6. The number of anilines is 1. The average Bonchev–Trinajstić information content (AvgIpc) is 2.46. The zero-order valence-electron chi connectivity index (χ0n) is 11.7. The van der Waals surface area contributed by atoms with E-state index < -0.39 is 18.1 Å². The van der Waals surface area contributed by atoms with Gasteiger partial charge in [-0.25, -0.2) is 9.59 Å². The summed E-state index contributed by atoms with van der Waals surface area (Å²) in [5.74, 6) is -0.819. The van der Waals surface area contributed by atoms with Crippen LogP contribution in [-0.2, 0) is 9.53 Å². The SMILES string of the molecule is COc1cc(OC)nc(NC(=O)NCC(OC)C(=O)O)n1. The first-order valence-electron chi connectivity index (χ1n) is 5.77. The summed E-state index contributed by atoms with van der Waals surface area (Å²) >= 11 is 0. The molecule has 1 atom stereocenters. The number of aromatic nitrogens is 2. The van der Waals surface area contributed by atoms with Crippen LogP contribution in [0.4, 0.5) is 10.7 Å². The number of amides is 2. The molecule has 0 saturated heterocycles. The number of nitrogens with one attached hydrogen (secondary N) is 2. The summed E-state index contributed by atoms with van der Waals surface area (Å²) in [6, 6.07) is 0.752. The monoisotopic (exact) mass is 300 g/mol. The first-order chi connectivity index (χ1) is 9.99. The molecule has 3 N–H and O–H groups in total. The van der Waals surface area contributed by atoms with Gasteiger partial charge in [0.25, 0.3) is 0 Å². The molecule has 0 aliphatic rings. The molecule has 1 heterocycles. The van der Waals surface area contributed by atoms with Gasteiger partial charge in [-0.3, -0.25) is 5.32 Å². The molecule has 0 bridgehead atoms. The zero-order valence-corrected chi connectivity index (χ0v) is 11.7. The van der Waals surface area contributed by atoms with E-state index in [0.29, 0.717) is 0 Å². The van der Waals surface area contributed by atoms with Crippen LogP contribution in [0.3, 0.4) is 0 Å². The van der Waals surface area contributed by atoms with Crippen LogP contribution in [0.5, 0.6) is 11.8 Å². The highest BCUT2D eigenvalue weighted by Crippen LogP contribution is 2.16. The number of carboxylic acids is 1. The molecule has 1 unspecified atom stereocenters. The fourth-order valence-electron chi connectivity index (χ4n) is 1.27. The van der Waals surface area contributed by atoms with Crippen LogP contribution in [0, 0.1) is 0 Å². The number of hydrogen-bond donors (Lipinski definition) is 3. The van der Waals surface area contributed by atoms with Crippen molar-refractivity contribution in [1.82, 2.24) is 15.3 Å². The Kier molecular flexibility index (Phi) is 6.14. The first-order valence-corrected chi connectivity index (χ1v) is 5.77. The van der Waals surface area contributed by atoms with Crippen molar-refractivity contribution in [2.75, 3.05) is 33.2 Å². The van der Waals surface area contributed by atoms with Gasteiger partial charge in [-0.2, -0.15) is 9.97 Å². The van der Waals surface area contributed by atoms with E-state index in [4.69, 9.17) is 14.6 Å². The third-order valence-corrected chi connectivity index (χ3v) is 2.33. The van der Waals surface area contributed by atoms with Crippen molar-refractivity contribution in [2.24, 2.45) is 0 Å². The fraction of sp³-hybridized carbons (Fsp3) is 0.455. The lowest BCUT2D eigenvalue weighted by Gasteiger charge is -2.12. The predicted molar refractivity (Wildman–Crippen MR) is 70.6 cm³/mol. The Morgan fingerprint density at radius 3 is 2.24 bits per heavy atom. The second-order valence-corrected chi connectivity index (χ2v) is 3.67. The topological polar surface area (TPSA) is 132 Å². The smallest absolute Gasteiger partial charge is 0.334 e. The largest absolute Gasteiger partial charge is 0.481 e. The van der Waals surface area contributed by atoms with Crippen molar-refractivity contribution in [1.29, 1.82) is 0 Å². The summed E-state index contributed by atoms with van der Waals surface area (Å²) in [6.45, 7) is -0.210. The van der Waals surface area contributed by atoms with Crippen molar-refractivity contribution in [3.8, 4) is 11.8 Å². The van der Waals surface area contributed by atoms with Gasteiger partial charge < -0.3 is 24.6 Å². The number of carbonyl (C=O) groups is 2. The average molecular weight is 300 g/mol. The molecule has 21 heavy (non-hydrogen) atoms. The molecule has 0 aliphatic heterocycles. The second-order valence-electron chi connectivity index (χ2n) is 3.67. The minimum Gasteiger partial charge on any atom is -0.481 e. The molecule has 0 saturated carbocycles. The van der Waals surface area contributed by atoms with Gasteiger partial charge in [-0.1, -0.05) is 0 Å². The molecular weight excluding hydrogens is 284 g/mol. The van der Waals surface area contributed by atoms with Gasteiger partial charge in [0, 0.05) is 7.11 Å². The first kappa shape index (κ1) is 16.4. The lowest BCUT2D eigenvalue weighted by Crippen LogP contribution is -2.40. The maximum absolute atomic E-state index is 11.6. The van der Waals surface area contributed by atoms with Crippen LogP contribution in [0.25, 0.3) is 0 Å². The quantitative estimate of drug-likeness (QED) is 0.626. The third-order valence-electron chi connectivity index (χ3n) is 2.33. The number of nitrogens with zero attached hydrogens (tertiary/aromatic N) is 2. The van der Waals surface area contributed by atoms with Gasteiger partial charge in [0.2, 0.25) is 17.7 Å². The van der Waals surface area contributed by atoms with Crippen LogP contribution in [-0.4, -0.2) is 61.1 Å². The van der Waals surface area contributed by atoms with Crippen LogP contribution in [0.2, 0.25) is 0 Å².